The van der Waals surface area contributed by atoms with Gasteiger partial charge in [-0.15, -0.1) is 0 Å². The zero-order chi connectivity index (χ0) is 22.2. The smallest absolute Gasteiger partial charge is 0.421 e. The maximum atomic E-state index is 11.4. The van der Waals surface area contributed by atoms with Crippen LogP contribution in [0.25, 0.3) is 4.13 Å². The summed E-state index contributed by atoms with van der Waals surface area (Å²) in [6.45, 7) is 7.14. The molecule has 0 saturated heterocycles. The van der Waals surface area contributed by atoms with E-state index in [2.05, 4.69) is 27.9 Å². The van der Waals surface area contributed by atoms with E-state index in [0.29, 0.717) is 0 Å². The average Bonchev–Trinajstić information content (AvgIpc) is 2.44. The predicted octanol–water partition coefficient (Wildman–Crippen LogP) is 4.11. The van der Waals surface area contributed by atoms with Crippen molar-refractivity contribution >= 4 is 20.0 Å². The highest BCUT2D eigenvalue weighted by Crippen LogP contribution is 2.36. The van der Waals surface area contributed by atoms with Gasteiger partial charge < -0.3 is 8.61 Å². The van der Waals surface area contributed by atoms with Crippen molar-refractivity contribution in [2.45, 2.75) is 57.0 Å². The van der Waals surface area contributed by atoms with E-state index in [1.165, 1.54) is 49.7 Å². The summed E-state index contributed by atoms with van der Waals surface area (Å²) in [4.78, 5) is 0. The van der Waals surface area contributed by atoms with E-state index >= 15 is 0 Å². The zero-order valence-electron chi connectivity index (χ0n) is 15.6. The third-order valence-corrected chi connectivity index (χ3v) is 6.24. The Hall–Kier alpha value is -0.600. The number of hydrogen-bond acceptors (Lipinski definition) is 4. The molecule has 0 aromatic carbocycles. The van der Waals surface area contributed by atoms with Crippen molar-refractivity contribution in [2.24, 2.45) is 0 Å². The lowest BCUT2D eigenvalue weighted by molar-refractivity contribution is -0.888. The largest absolute Gasteiger partial charge is 0.480 e. The normalized spacial score (nSPS) is 13.9. The van der Waals surface area contributed by atoms with Crippen LogP contribution in [0.3, 0.4) is 0 Å². The molecule has 0 aliphatic carbocycles. The van der Waals surface area contributed by atoms with E-state index in [0.717, 1.165) is 4.13 Å². The van der Waals surface area contributed by atoms with E-state index in [4.69, 9.17) is 0 Å². The van der Waals surface area contributed by atoms with Crippen molar-refractivity contribution in [2.75, 3.05) is 27.2 Å². The van der Waals surface area contributed by atoms with Gasteiger partial charge in [-0.2, -0.15) is 26.3 Å². The molecule has 14 heteroatoms. The molecule has 0 aliphatic heterocycles. The first-order valence-corrected chi connectivity index (χ1v) is 10.9. The van der Waals surface area contributed by atoms with Gasteiger partial charge in [-0.1, -0.05) is 26.2 Å². The molecular formula is C13H26F6N2O4S2. The van der Waals surface area contributed by atoms with Gasteiger partial charge in [0.1, 0.15) is 0 Å². The van der Waals surface area contributed by atoms with Gasteiger partial charge >= 0.3 is 11.0 Å². The molecule has 0 fully saturated rings. The molecular weight excluding hydrogens is 426 g/mol. The van der Waals surface area contributed by atoms with Gasteiger partial charge in [0.05, 0.1) is 27.2 Å². The van der Waals surface area contributed by atoms with Crippen molar-refractivity contribution in [1.82, 2.24) is 0 Å². The molecule has 0 spiro atoms. The minimum absolute atomic E-state index is 0.778. The highest BCUT2D eigenvalue weighted by atomic mass is 32.3. The standard InChI is InChI=1S/C11H26N.C2F6NO4S2/c1-5-7-8-9-10-11-12(3,4)6-2;3-1(4,5)14(10,11)9-15(12,13)2(6,7)8/h5-11H2,1-4H3;/q+1;-1. The maximum Gasteiger partial charge on any atom is 0.480 e. The Morgan fingerprint density at radius 1 is 0.741 bits per heavy atom. The van der Waals surface area contributed by atoms with E-state index in [9.17, 15) is 43.2 Å². The summed E-state index contributed by atoms with van der Waals surface area (Å²) in [5.74, 6) is 0. The van der Waals surface area contributed by atoms with Gasteiger partial charge in [0.15, 0.2) is 20.0 Å². The van der Waals surface area contributed by atoms with E-state index in [1.807, 2.05) is 0 Å². The number of nitrogens with zero attached hydrogens (tertiary/aromatic N) is 2. The third-order valence-electron chi connectivity index (χ3n) is 3.50. The first-order valence-electron chi connectivity index (χ1n) is 8.02. The fourth-order valence-corrected chi connectivity index (χ4v) is 3.22. The number of halogens is 6. The summed E-state index contributed by atoms with van der Waals surface area (Å²) in [5, 5.41) is 0. The second-order valence-electron chi connectivity index (χ2n) is 6.31. The molecule has 0 aliphatic rings. The lowest BCUT2D eigenvalue weighted by atomic mass is 10.1. The first kappa shape index (κ1) is 28.6. The molecule has 0 heterocycles. The summed E-state index contributed by atoms with van der Waals surface area (Å²) in [5.41, 5.74) is -12.4. The number of hydrogen-bond donors (Lipinski definition) is 0. The lowest BCUT2D eigenvalue weighted by Crippen LogP contribution is -2.39. The van der Waals surface area contributed by atoms with E-state index < -0.39 is 31.1 Å². The van der Waals surface area contributed by atoms with E-state index in [1.54, 1.807) is 0 Å². The van der Waals surface area contributed by atoms with Crippen LogP contribution in [-0.2, 0) is 20.0 Å². The minimum atomic E-state index is -6.72. The summed E-state index contributed by atoms with van der Waals surface area (Å²) in [7, 11) is -8.80. The number of unbranched alkanes of at least 4 members (excludes halogenated alkanes) is 4. The highest BCUT2D eigenvalue weighted by Gasteiger charge is 2.46. The number of quaternary nitrogens is 1. The van der Waals surface area contributed by atoms with Gasteiger partial charge in [-0.25, -0.2) is 16.8 Å². The third kappa shape index (κ3) is 11.8. The Morgan fingerprint density at radius 2 is 1.11 bits per heavy atom. The van der Waals surface area contributed by atoms with Crippen molar-refractivity contribution in [3.63, 3.8) is 0 Å². The number of sulfonamides is 2. The first-order chi connectivity index (χ1) is 11.8. The number of alkyl halides is 6. The van der Waals surface area contributed by atoms with Gasteiger partial charge in [-0.3, -0.25) is 0 Å². The molecule has 0 aromatic rings. The van der Waals surface area contributed by atoms with Crippen LogP contribution < -0.4 is 0 Å². The second-order valence-corrected chi connectivity index (χ2v) is 9.73. The molecule has 0 unspecified atom stereocenters. The van der Waals surface area contributed by atoms with Crippen LogP contribution in [0.2, 0.25) is 0 Å². The molecule has 0 atom stereocenters. The van der Waals surface area contributed by atoms with Crippen LogP contribution in [0.15, 0.2) is 0 Å². The maximum absolute atomic E-state index is 11.4. The van der Waals surface area contributed by atoms with Crippen LogP contribution in [0.5, 0.6) is 0 Å². The fraction of sp³-hybridized carbons (Fsp3) is 1.00. The zero-order valence-corrected chi connectivity index (χ0v) is 17.2. The van der Waals surface area contributed by atoms with Crippen molar-refractivity contribution in [1.29, 1.82) is 0 Å². The molecule has 0 radical (unpaired) electrons. The van der Waals surface area contributed by atoms with Crippen LogP contribution >= 0.6 is 0 Å². The van der Waals surface area contributed by atoms with Crippen LogP contribution in [0, 0.1) is 0 Å². The Bertz CT molecular complexity index is 586. The van der Waals surface area contributed by atoms with Crippen LogP contribution in [0.4, 0.5) is 26.3 Å². The Balaban J connectivity index is 0. The summed E-state index contributed by atoms with van der Waals surface area (Å²) >= 11 is 0. The molecule has 166 valence electrons. The monoisotopic (exact) mass is 452 g/mol. The molecule has 0 aromatic heterocycles. The quantitative estimate of drug-likeness (QED) is 0.299. The molecule has 0 rings (SSSR count). The lowest BCUT2D eigenvalue weighted by Gasteiger charge is -2.28. The van der Waals surface area contributed by atoms with Gasteiger partial charge in [0.2, 0.25) is 0 Å². The fourth-order valence-electron chi connectivity index (χ4n) is 1.52. The minimum Gasteiger partial charge on any atom is -0.421 e. The average molecular weight is 452 g/mol. The predicted molar refractivity (Wildman–Crippen MR) is 89.6 cm³/mol. The summed E-state index contributed by atoms with van der Waals surface area (Å²) in [6.07, 6.45) is 7.03. The van der Waals surface area contributed by atoms with Crippen molar-refractivity contribution < 1.29 is 47.7 Å². The molecule has 0 bridgehead atoms. The molecule has 0 saturated carbocycles. The van der Waals surface area contributed by atoms with Gasteiger partial charge in [-0.05, 0) is 19.8 Å². The SMILES string of the molecule is CCCCCCC[N+](C)(C)CC.O=S(=O)([N-]S(=O)(=O)C(F)(F)F)C(F)(F)F. The summed E-state index contributed by atoms with van der Waals surface area (Å²) < 4.78 is 110. The molecule has 0 amide bonds. The number of rotatable bonds is 9. The topological polar surface area (TPSA) is 82.4 Å². The van der Waals surface area contributed by atoms with Crippen molar-refractivity contribution in [3.05, 3.63) is 4.13 Å². The van der Waals surface area contributed by atoms with Gasteiger partial charge in [0.25, 0.3) is 0 Å². The van der Waals surface area contributed by atoms with E-state index in [-0.39, 0.29) is 0 Å². The highest BCUT2D eigenvalue weighted by molar-refractivity contribution is 8.13. The van der Waals surface area contributed by atoms with Crippen LogP contribution in [-0.4, -0.2) is 59.5 Å². The Morgan fingerprint density at radius 3 is 1.41 bits per heavy atom. The molecule has 27 heavy (non-hydrogen) atoms. The van der Waals surface area contributed by atoms with Gasteiger partial charge in [0, 0.05) is 0 Å². The molecule has 6 nitrogen and oxygen atoms in total. The van der Waals surface area contributed by atoms with Crippen LogP contribution in [0.1, 0.15) is 46.0 Å². The van der Waals surface area contributed by atoms with Crippen molar-refractivity contribution in [3.8, 4) is 0 Å². The second kappa shape index (κ2) is 10.8. The Kier molecular flexibility index (Phi) is 11.5. The molecule has 0 N–H and O–H groups in total. The Labute approximate surface area is 156 Å². The summed E-state index contributed by atoms with van der Waals surface area (Å²) in [6, 6.07) is 0.